The number of imide groups is 1. The molecular weight excluding hydrogens is 294 g/mol. The van der Waals surface area contributed by atoms with E-state index < -0.39 is 17.5 Å². The second-order valence-corrected chi connectivity index (χ2v) is 6.33. The zero-order chi connectivity index (χ0) is 17.2. The zero-order valence-electron chi connectivity index (χ0n) is 14.0. The Balaban J connectivity index is 1.96. The van der Waals surface area contributed by atoms with Crippen LogP contribution < -0.4 is 10.6 Å². The van der Waals surface area contributed by atoms with Crippen LogP contribution in [-0.4, -0.2) is 34.8 Å². The van der Waals surface area contributed by atoms with E-state index in [-0.39, 0.29) is 18.5 Å². The molecule has 1 heterocycles. The molecule has 2 rings (SSSR count). The molecule has 0 aromatic heterocycles. The molecule has 6 nitrogen and oxygen atoms in total. The molecule has 0 bridgehead atoms. The van der Waals surface area contributed by atoms with Crippen molar-refractivity contribution in [3.8, 4) is 0 Å². The number of amides is 4. The third kappa shape index (κ3) is 3.70. The molecular formula is C17H23N3O3. The van der Waals surface area contributed by atoms with Crippen molar-refractivity contribution in [3.05, 3.63) is 35.4 Å². The maximum absolute atomic E-state index is 12.1. The Kier molecular flexibility index (Phi) is 4.73. The first-order valence-corrected chi connectivity index (χ1v) is 7.77. The molecule has 1 aromatic rings. The van der Waals surface area contributed by atoms with Gasteiger partial charge in [-0.2, -0.15) is 0 Å². The number of hydrogen-bond acceptors (Lipinski definition) is 3. The zero-order valence-corrected chi connectivity index (χ0v) is 14.0. The molecule has 1 aliphatic heterocycles. The molecule has 1 unspecified atom stereocenters. The van der Waals surface area contributed by atoms with E-state index >= 15 is 0 Å². The van der Waals surface area contributed by atoms with Crippen LogP contribution in [0.4, 0.5) is 4.79 Å². The molecule has 2 N–H and O–H groups in total. The number of benzene rings is 1. The van der Waals surface area contributed by atoms with Crippen LogP contribution in [0, 0.1) is 0 Å². The number of aryl methyl sites for hydroxylation is 1. The lowest BCUT2D eigenvalue weighted by Crippen LogP contribution is -2.43. The number of hydrogen-bond donors (Lipinski definition) is 2. The van der Waals surface area contributed by atoms with E-state index in [0.717, 1.165) is 16.9 Å². The fourth-order valence-electron chi connectivity index (χ4n) is 2.52. The van der Waals surface area contributed by atoms with E-state index in [0.29, 0.717) is 0 Å². The van der Waals surface area contributed by atoms with Gasteiger partial charge in [0.1, 0.15) is 12.1 Å². The van der Waals surface area contributed by atoms with Crippen LogP contribution in [0.15, 0.2) is 24.3 Å². The van der Waals surface area contributed by atoms with Crippen molar-refractivity contribution in [2.24, 2.45) is 0 Å². The van der Waals surface area contributed by atoms with Gasteiger partial charge >= 0.3 is 6.03 Å². The van der Waals surface area contributed by atoms with Gasteiger partial charge in [0, 0.05) is 0 Å². The summed E-state index contributed by atoms with van der Waals surface area (Å²) in [5, 5.41) is 5.37. The molecule has 0 saturated carbocycles. The van der Waals surface area contributed by atoms with Crippen LogP contribution >= 0.6 is 0 Å². The monoisotopic (exact) mass is 317 g/mol. The Morgan fingerprint density at radius 1 is 1.26 bits per heavy atom. The molecule has 0 radical (unpaired) electrons. The molecule has 1 atom stereocenters. The molecule has 6 heteroatoms. The highest BCUT2D eigenvalue weighted by atomic mass is 16.2. The van der Waals surface area contributed by atoms with Crippen molar-refractivity contribution in [3.63, 3.8) is 0 Å². The highest BCUT2D eigenvalue weighted by Gasteiger charge is 2.44. The quantitative estimate of drug-likeness (QED) is 0.812. The van der Waals surface area contributed by atoms with Gasteiger partial charge in [-0.15, -0.1) is 0 Å². The molecule has 1 saturated heterocycles. The Morgan fingerprint density at radius 3 is 2.35 bits per heavy atom. The van der Waals surface area contributed by atoms with Gasteiger partial charge in [0.25, 0.3) is 5.91 Å². The molecule has 1 aliphatic rings. The van der Waals surface area contributed by atoms with E-state index in [1.54, 1.807) is 13.8 Å². The number of nitrogens with zero attached hydrogens (tertiary/aromatic N) is 1. The maximum atomic E-state index is 12.1. The SMILES string of the molecule is CCc1ccc(C(C)NC(=O)CN2C(=O)NC(C)(C)C2=O)cc1. The Hall–Kier alpha value is -2.37. The van der Waals surface area contributed by atoms with E-state index in [1.165, 1.54) is 5.56 Å². The van der Waals surface area contributed by atoms with Crippen molar-refractivity contribution in [2.75, 3.05) is 6.54 Å². The third-order valence-electron chi connectivity index (χ3n) is 4.01. The molecule has 4 amide bonds. The highest BCUT2D eigenvalue weighted by molar-refractivity contribution is 6.08. The highest BCUT2D eigenvalue weighted by Crippen LogP contribution is 2.17. The second-order valence-electron chi connectivity index (χ2n) is 6.33. The van der Waals surface area contributed by atoms with Crippen LogP contribution in [0.25, 0.3) is 0 Å². The van der Waals surface area contributed by atoms with Crippen LogP contribution in [0.1, 0.15) is 44.9 Å². The molecule has 23 heavy (non-hydrogen) atoms. The van der Waals surface area contributed by atoms with E-state index in [9.17, 15) is 14.4 Å². The van der Waals surface area contributed by atoms with Crippen LogP contribution in [-0.2, 0) is 16.0 Å². The number of rotatable bonds is 5. The van der Waals surface area contributed by atoms with Gasteiger partial charge in [0.2, 0.25) is 5.91 Å². The number of carbonyl (C=O) groups is 3. The Bertz CT molecular complexity index is 622. The summed E-state index contributed by atoms with van der Waals surface area (Å²) in [7, 11) is 0. The van der Waals surface area contributed by atoms with Crippen molar-refractivity contribution in [1.29, 1.82) is 0 Å². The lowest BCUT2D eigenvalue weighted by atomic mass is 10.0. The van der Waals surface area contributed by atoms with Crippen molar-refractivity contribution in [2.45, 2.75) is 45.7 Å². The number of urea groups is 1. The summed E-state index contributed by atoms with van der Waals surface area (Å²) in [6.45, 7) is 6.91. The number of nitrogens with one attached hydrogen (secondary N) is 2. The van der Waals surface area contributed by atoms with Crippen molar-refractivity contribution in [1.82, 2.24) is 15.5 Å². The van der Waals surface area contributed by atoms with Gasteiger partial charge in [-0.25, -0.2) is 4.79 Å². The normalized spacial score (nSPS) is 17.8. The first-order valence-electron chi connectivity index (χ1n) is 7.77. The van der Waals surface area contributed by atoms with Gasteiger partial charge in [0.15, 0.2) is 0 Å². The minimum atomic E-state index is -0.959. The topological polar surface area (TPSA) is 78.5 Å². The summed E-state index contributed by atoms with van der Waals surface area (Å²) in [5.74, 6) is -0.754. The number of carbonyl (C=O) groups excluding carboxylic acids is 3. The minimum absolute atomic E-state index is 0.192. The van der Waals surface area contributed by atoms with Crippen molar-refractivity contribution >= 4 is 17.8 Å². The second kappa shape index (κ2) is 6.40. The van der Waals surface area contributed by atoms with E-state index in [1.807, 2.05) is 31.2 Å². The predicted octanol–water partition coefficient (Wildman–Crippen LogP) is 1.76. The van der Waals surface area contributed by atoms with Crippen LogP contribution in [0.2, 0.25) is 0 Å². The summed E-state index contributed by atoms with van der Waals surface area (Å²) in [4.78, 5) is 36.9. The Labute approximate surface area is 136 Å². The fourth-order valence-corrected chi connectivity index (χ4v) is 2.52. The summed E-state index contributed by atoms with van der Waals surface area (Å²) in [6, 6.07) is 7.27. The standard InChI is InChI=1S/C17H23N3O3/c1-5-12-6-8-13(9-7-12)11(2)18-14(21)10-20-15(22)17(3,4)19-16(20)23/h6-9,11H,5,10H2,1-4H3,(H,18,21)(H,19,23). The Morgan fingerprint density at radius 2 is 1.87 bits per heavy atom. The summed E-state index contributed by atoms with van der Waals surface area (Å²) in [5.41, 5.74) is 1.25. The fraction of sp³-hybridized carbons (Fsp3) is 0.471. The summed E-state index contributed by atoms with van der Waals surface area (Å²) >= 11 is 0. The average molecular weight is 317 g/mol. The summed E-state index contributed by atoms with van der Waals surface area (Å²) < 4.78 is 0. The lowest BCUT2D eigenvalue weighted by molar-refractivity contribution is -0.134. The van der Waals surface area contributed by atoms with Gasteiger partial charge in [-0.3, -0.25) is 14.5 Å². The van der Waals surface area contributed by atoms with Gasteiger partial charge < -0.3 is 10.6 Å². The molecule has 1 fully saturated rings. The molecule has 1 aromatic carbocycles. The average Bonchev–Trinajstić information content (AvgIpc) is 2.69. The smallest absolute Gasteiger partial charge is 0.325 e. The maximum Gasteiger partial charge on any atom is 0.325 e. The third-order valence-corrected chi connectivity index (χ3v) is 4.01. The molecule has 0 spiro atoms. The summed E-state index contributed by atoms with van der Waals surface area (Å²) in [6.07, 6.45) is 0.961. The van der Waals surface area contributed by atoms with Gasteiger partial charge in [-0.1, -0.05) is 31.2 Å². The van der Waals surface area contributed by atoms with Crippen LogP contribution in [0.5, 0.6) is 0 Å². The van der Waals surface area contributed by atoms with Gasteiger partial charge in [0.05, 0.1) is 6.04 Å². The minimum Gasteiger partial charge on any atom is -0.348 e. The van der Waals surface area contributed by atoms with Crippen LogP contribution in [0.3, 0.4) is 0 Å². The van der Waals surface area contributed by atoms with Crippen molar-refractivity contribution < 1.29 is 14.4 Å². The van der Waals surface area contributed by atoms with E-state index in [2.05, 4.69) is 17.6 Å². The van der Waals surface area contributed by atoms with E-state index in [4.69, 9.17) is 0 Å². The lowest BCUT2D eigenvalue weighted by Gasteiger charge is -2.18. The molecule has 124 valence electrons. The first-order chi connectivity index (χ1) is 10.7. The predicted molar refractivity (Wildman–Crippen MR) is 86.7 cm³/mol. The first kappa shape index (κ1) is 17.0. The largest absolute Gasteiger partial charge is 0.348 e. The molecule has 0 aliphatic carbocycles. The van der Waals surface area contributed by atoms with Gasteiger partial charge in [-0.05, 0) is 38.3 Å².